The minimum Gasteiger partial charge on any atom is -0.338 e. The molecular formula is C9H19N5O3S. The second-order valence-corrected chi connectivity index (χ2v) is 5.70. The Hall–Kier alpha value is -1.03. The van der Waals surface area contributed by atoms with Gasteiger partial charge >= 0.3 is 0 Å². The van der Waals surface area contributed by atoms with Crippen LogP contribution in [0.3, 0.4) is 0 Å². The Morgan fingerprint density at radius 2 is 2.17 bits per heavy atom. The fourth-order valence-electron chi connectivity index (χ4n) is 1.27. The summed E-state index contributed by atoms with van der Waals surface area (Å²) >= 11 is 0. The quantitative estimate of drug-likeness (QED) is 0.607. The lowest BCUT2D eigenvalue weighted by Gasteiger charge is -2.16. The van der Waals surface area contributed by atoms with Crippen LogP contribution in [0.1, 0.15) is 18.1 Å². The fraction of sp³-hybridized carbons (Fsp3) is 0.778. The molecule has 104 valence electrons. The first-order chi connectivity index (χ1) is 8.45. The summed E-state index contributed by atoms with van der Waals surface area (Å²) in [6.45, 7) is 2.88. The minimum atomic E-state index is -3.50. The summed E-state index contributed by atoms with van der Waals surface area (Å²) in [5, 5.41) is 6.54. The van der Waals surface area contributed by atoms with Gasteiger partial charge in [0.1, 0.15) is 0 Å². The van der Waals surface area contributed by atoms with Crippen LogP contribution in [0.5, 0.6) is 0 Å². The van der Waals surface area contributed by atoms with Gasteiger partial charge in [-0.1, -0.05) is 5.16 Å². The average molecular weight is 277 g/mol. The lowest BCUT2D eigenvalue weighted by atomic mass is 10.4. The highest BCUT2D eigenvalue weighted by molar-refractivity contribution is 7.87. The zero-order valence-corrected chi connectivity index (χ0v) is 11.6. The third kappa shape index (κ3) is 4.69. The van der Waals surface area contributed by atoms with Crippen LogP contribution in [-0.4, -0.2) is 50.0 Å². The highest BCUT2D eigenvalue weighted by atomic mass is 32.2. The van der Waals surface area contributed by atoms with Gasteiger partial charge in [0.15, 0.2) is 5.82 Å². The molecule has 1 heterocycles. The van der Waals surface area contributed by atoms with Gasteiger partial charge in [-0.05, 0) is 26.9 Å². The Balaban J connectivity index is 2.43. The van der Waals surface area contributed by atoms with E-state index in [4.69, 9.17) is 4.52 Å². The van der Waals surface area contributed by atoms with Crippen molar-refractivity contribution in [2.45, 2.75) is 19.9 Å². The second kappa shape index (κ2) is 6.78. The molecule has 0 aromatic carbocycles. The second-order valence-electron chi connectivity index (χ2n) is 3.84. The third-order valence-corrected chi connectivity index (χ3v) is 3.80. The zero-order chi connectivity index (χ0) is 13.6. The number of nitrogens with one attached hydrogen (secondary N) is 2. The predicted molar refractivity (Wildman–Crippen MR) is 66.0 cm³/mol. The van der Waals surface area contributed by atoms with E-state index in [1.807, 2.05) is 7.05 Å². The van der Waals surface area contributed by atoms with Crippen molar-refractivity contribution in [3.8, 4) is 0 Å². The summed E-state index contributed by atoms with van der Waals surface area (Å²) in [5.41, 5.74) is 0. The van der Waals surface area contributed by atoms with Gasteiger partial charge in [0.25, 0.3) is 10.2 Å². The summed E-state index contributed by atoms with van der Waals surface area (Å²) in [7, 11) is -0.153. The molecule has 0 aliphatic rings. The van der Waals surface area contributed by atoms with Crippen molar-refractivity contribution in [1.82, 2.24) is 24.5 Å². The van der Waals surface area contributed by atoms with E-state index in [0.717, 1.165) is 13.0 Å². The van der Waals surface area contributed by atoms with Crippen molar-refractivity contribution in [3.63, 3.8) is 0 Å². The fourth-order valence-corrected chi connectivity index (χ4v) is 2.17. The van der Waals surface area contributed by atoms with Gasteiger partial charge in [-0.25, -0.2) is 0 Å². The van der Waals surface area contributed by atoms with Crippen molar-refractivity contribution in [2.24, 2.45) is 0 Å². The predicted octanol–water partition coefficient (Wildman–Crippen LogP) is -0.746. The highest BCUT2D eigenvalue weighted by Crippen LogP contribution is 1.99. The van der Waals surface area contributed by atoms with E-state index >= 15 is 0 Å². The molecule has 18 heavy (non-hydrogen) atoms. The van der Waals surface area contributed by atoms with Gasteiger partial charge in [-0.2, -0.15) is 22.4 Å². The topological polar surface area (TPSA) is 100 Å². The van der Waals surface area contributed by atoms with Crippen LogP contribution < -0.4 is 10.0 Å². The molecular weight excluding hydrogens is 258 g/mol. The molecule has 0 aliphatic carbocycles. The number of aromatic nitrogens is 2. The van der Waals surface area contributed by atoms with E-state index in [-0.39, 0.29) is 12.4 Å². The molecule has 9 heteroatoms. The maximum absolute atomic E-state index is 11.8. The minimum absolute atomic E-state index is 0.000455. The van der Waals surface area contributed by atoms with Crippen molar-refractivity contribution < 1.29 is 12.9 Å². The summed E-state index contributed by atoms with van der Waals surface area (Å²) in [4.78, 5) is 3.92. The maximum atomic E-state index is 11.8. The molecule has 0 amide bonds. The van der Waals surface area contributed by atoms with Crippen LogP contribution in [0.15, 0.2) is 4.52 Å². The van der Waals surface area contributed by atoms with Crippen LogP contribution in [0.2, 0.25) is 0 Å². The van der Waals surface area contributed by atoms with Crippen molar-refractivity contribution in [3.05, 3.63) is 11.7 Å². The Morgan fingerprint density at radius 1 is 1.44 bits per heavy atom. The van der Waals surface area contributed by atoms with E-state index in [0.29, 0.717) is 12.4 Å². The molecule has 0 unspecified atom stereocenters. The van der Waals surface area contributed by atoms with Crippen LogP contribution >= 0.6 is 0 Å². The summed E-state index contributed by atoms with van der Waals surface area (Å²) in [6.07, 6.45) is 0.744. The van der Waals surface area contributed by atoms with Gasteiger partial charge in [0.2, 0.25) is 5.89 Å². The summed E-state index contributed by atoms with van der Waals surface area (Å²) in [6, 6.07) is 0. The van der Waals surface area contributed by atoms with Gasteiger partial charge in [-0.15, -0.1) is 0 Å². The lowest BCUT2D eigenvalue weighted by molar-refractivity contribution is 0.368. The highest BCUT2D eigenvalue weighted by Gasteiger charge is 2.17. The lowest BCUT2D eigenvalue weighted by Crippen LogP contribution is -2.39. The third-order valence-electron chi connectivity index (χ3n) is 2.29. The smallest absolute Gasteiger partial charge is 0.279 e. The Labute approximate surface area is 107 Å². The van der Waals surface area contributed by atoms with E-state index in [1.54, 1.807) is 6.92 Å². The molecule has 1 aromatic heterocycles. The van der Waals surface area contributed by atoms with E-state index in [2.05, 4.69) is 20.2 Å². The number of hydrogen-bond acceptors (Lipinski definition) is 6. The summed E-state index contributed by atoms with van der Waals surface area (Å²) in [5.74, 6) is 0.728. The number of nitrogens with zero attached hydrogens (tertiary/aromatic N) is 3. The monoisotopic (exact) mass is 277 g/mol. The maximum Gasteiger partial charge on any atom is 0.279 e. The Bertz CT molecular complexity index is 459. The Kier molecular flexibility index (Phi) is 5.66. The Morgan fingerprint density at radius 3 is 2.72 bits per heavy atom. The number of rotatable bonds is 8. The molecule has 0 spiro atoms. The van der Waals surface area contributed by atoms with Crippen LogP contribution in [0.4, 0.5) is 0 Å². The molecule has 0 saturated carbocycles. The first kappa shape index (κ1) is 15.0. The van der Waals surface area contributed by atoms with Crippen molar-refractivity contribution in [1.29, 1.82) is 0 Å². The molecule has 2 N–H and O–H groups in total. The average Bonchev–Trinajstić information content (AvgIpc) is 2.73. The summed E-state index contributed by atoms with van der Waals surface area (Å²) < 4.78 is 32.1. The SMILES string of the molecule is CNCCCN(C)S(=O)(=O)NCc1nc(C)no1. The van der Waals surface area contributed by atoms with Gasteiger partial charge in [-0.3, -0.25) is 0 Å². The largest absolute Gasteiger partial charge is 0.338 e. The standard InChI is InChI=1S/C9H19N5O3S/c1-8-12-9(17-13-8)7-11-18(15,16)14(3)6-4-5-10-2/h10-11H,4-7H2,1-3H3. The van der Waals surface area contributed by atoms with Crippen molar-refractivity contribution >= 4 is 10.2 Å². The number of hydrogen-bond donors (Lipinski definition) is 2. The molecule has 0 aliphatic heterocycles. The van der Waals surface area contributed by atoms with E-state index in [1.165, 1.54) is 11.4 Å². The van der Waals surface area contributed by atoms with Crippen LogP contribution in [-0.2, 0) is 16.8 Å². The first-order valence-electron chi connectivity index (χ1n) is 5.60. The van der Waals surface area contributed by atoms with Gasteiger partial charge in [0, 0.05) is 13.6 Å². The van der Waals surface area contributed by atoms with Crippen molar-refractivity contribution in [2.75, 3.05) is 27.2 Å². The van der Waals surface area contributed by atoms with E-state index in [9.17, 15) is 8.42 Å². The number of aryl methyl sites for hydroxylation is 1. The molecule has 0 radical (unpaired) electrons. The first-order valence-corrected chi connectivity index (χ1v) is 7.04. The van der Waals surface area contributed by atoms with Gasteiger partial charge < -0.3 is 9.84 Å². The normalized spacial score (nSPS) is 12.2. The molecule has 0 saturated heterocycles. The van der Waals surface area contributed by atoms with Gasteiger partial charge in [0.05, 0.1) is 6.54 Å². The molecule has 0 bridgehead atoms. The molecule has 8 nitrogen and oxygen atoms in total. The van der Waals surface area contributed by atoms with Crippen LogP contribution in [0, 0.1) is 6.92 Å². The molecule has 0 fully saturated rings. The molecule has 0 atom stereocenters. The van der Waals surface area contributed by atoms with E-state index < -0.39 is 10.2 Å². The molecule has 1 rings (SSSR count). The molecule has 1 aromatic rings. The van der Waals surface area contributed by atoms with Crippen LogP contribution in [0.25, 0.3) is 0 Å². The zero-order valence-electron chi connectivity index (χ0n) is 10.8.